The van der Waals surface area contributed by atoms with Gasteiger partial charge in [0.15, 0.2) is 0 Å². The summed E-state index contributed by atoms with van der Waals surface area (Å²) in [6, 6.07) is 2.25. The maximum Gasteiger partial charge on any atom is 0.111 e. The van der Waals surface area contributed by atoms with Crippen molar-refractivity contribution in [2.45, 2.75) is 26.9 Å². The van der Waals surface area contributed by atoms with Crippen molar-refractivity contribution in [3.63, 3.8) is 0 Å². The lowest BCUT2D eigenvalue weighted by Gasteiger charge is -2.17. The van der Waals surface area contributed by atoms with E-state index in [2.05, 4.69) is 6.07 Å². The van der Waals surface area contributed by atoms with Gasteiger partial charge in [-0.1, -0.05) is 12.2 Å². The number of nitrogens with zero attached hydrogens (tertiary/aromatic N) is 1. The van der Waals surface area contributed by atoms with Crippen molar-refractivity contribution in [2.24, 2.45) is 5.41 Å². The molecule has 4 nitrogen and oxygen atoms in total. The predicted octanol–water partition coefficient (Wildman–Crippen LogP) is 2.67. The minimum Gasteiger partial charge on any atom is -0.498 e. The first-order chi connectivity index (χ1) is 8.47. The highest BCUT2D eigenvalue weighted by Crippen LogP contribution is 2.26. The number of nitriles is 1. The molecule has 0 aliphatic heterocycles. The molecule has 0 bridgehead atoms. The molecule has 0 spiro atoms. The van der Waals surface area contributed by atoms with Crippen LogP contribution < -0.4 is 0 Å². The topological polar surface area (TPSA) is 51.5 Å². The van der Waals surface area contributed by atoms with E-state index in [9.17, 15) is 0 Å². The minimum absolute atomic E-state index is 0.00173. The van der Waals surface area contributed by atoms with Crippen molar-refractivity contribution in [3.8, 4) is 6.07 Å². The molecule has 0 rings (SSSR count). The van der Waals surface area contributed by atoms with Gasteiger partial charge in [0, 0.05) is 19.8 Å². The number of hydrogen-bond donors (Lipinski definition) is 0. The largest absolute Gasteiger partial charge is 0.498 e. The molecule has 0 saturated carbocycles. The van der Waals surface area contributed by atoms with Gasteiger partial charge in [0.2, 0.25) is 0 Å². The molecule has 102 valence electrons. The molecule has 0 fully saturated rings. The standard InChI is InChI=1S/C14H23NO3/c1-12(17-5)6-7-13(14(2,3)11-15)10-18-9-8-16-4/h6-7,10,12H,8-9H2,1-5H3/b7-6-,13-10-/t12-/m1/s1. The van der Waals surface area contributed by atoms with E-state index in [4.69, 9.17) is 19.5 Å². The normalized spacial score (nSPS) is 14.6. The van der Waals surface area contributed by atoms with Crippen LogP contribution in [0.3, 0.4) is 0 Å². The highest BCUT2D eigenvalue weighted by molar-refractivity contribution is 5.30. The summed E-state index contributed by atoms with van der Waals surface area (Å²) >= 11 is 0. The van der Waals surface area contributed by atoms with Crippen molar-refractivity contribution in [3.05, 3.63) is 24.0 Å². The molecule has 0 amide bonds. The molecule has 0 N–H and O–H groups in total. The molecule has 18 heavy (non-hydrogen) atoms. The molecule has 0 aliphatic rings. The maximum absolute atomic E-state index is 9.15. The van der Waals surface area contributed by atoms with Crippen molar-refractivity contribution in [2.75, 3.05) is 27.4 Å². The monoisotopic (exact) mass is 253 g/mol. The first-order valence-corrected chi connectivity index (χ1v) is 5.91. The molecule has 0 aromatic carbocycles. The van der Waals surface area contributed by atoms with Gasteiger partial charge < -0.3 is 14.2 Å². The summed E-state index contributed by atoms with van der Waals surface area (Å²) in [5, 5.41) is 9.15. The number of ether oxygens (including phenoxy) is 3. The van der Waals surface area contributed by atoms with E-state index in [1.54, 1.807) is 20.5 Å². The average Bonchev–Trinajstić information content (AvgIpc) is 2.37. The number of methoxy groups -OCH3 is 2. The Hall–Kier alpha value is -1.31. The van der Waals surface area contributed by atoms with Crippen molar-refractivity contribution in [1.82, 2.24) is 0 Å². The summed E-state index contributed by atoms with van der Waals surface area (Å²) in [5.74, 6) is 0. The Morgan fingerprint density at radius 3 is 2.50 bits per heavy atom. The third-order valence-corrected chi connectivity index (χ3v) is 2.54. The van der Waals surface area contributed by atoms with Crippen LogP contribution in [0.25, 0.3) is 0 Å². The molecule has 1 atom stereocenters. The average molecular weight is 253 g/mol. The van der Waals surface area contributed by atoms with Crippen LogP contribution in [-0.2, 0) is 14.2 Å². The third-order valence-electron chi connectivity index (χ3n) is 2.54. The van der Waals surface area contributed by atoms with Crippen LogP contribution >= 0.6 is 0 Å². The minimum atomic E-state index is -0.600. The van der Waals surface area contributed by atoms with Crippen molar-refractivity contribution in [1.29, 1.82) is 5.26 Å². The molecule has 0 aliphatic carbocycles. The Morgan fingerprint density at radius 1 is 1.33 bits per heavy atom. The van der Waals surface area contributed by atoms with Crippen LogP contribution in [0.5, 0.6) is 0 Å². The first-order valence-electron chi connectivity index (χ1n) is 5.91. The molecular weight excluding hydrogens is 230 g/mol. The Labute approximate surface area is 110 Å². The van der Waals surface area contributed by atoms with Crippen LogP contribution in [0, 0.1) is 16.7 Å². The van der Waals surface area contributed by atoms with Crippen molar-refractivity contribution >= 4 is 0 Å². The highest BCUT2D eigenvalue weighted by atomic mass is 16.5. The zero-order valence-electron chi connectivity index (χ0n) is 11.9. The lowest BCUT2D eigenvalue weighted by atomic mass is 9.86. The fourth-order valence-electron chi connectivity index (χ4n) is 1.06. The zero-order valence-corrected chi connectivity index (χ0v) is 11.9. The fraction of sp³-hybridized carbons (Fsp3) is 0.643. The van der Waals surface area contributed by atoms with E-state index in [1.807, 2.05) is 32.9 Å². The summed E-state index contributed by atoms with van der Waals surface area (Å²) in [4.78, 5) is 0. The molecule has 0 heterocycles. The molecule has 0 aromatic heterocycles. The van der Waals surface area contributed by atoms with Gasteiger partial charge in [-0.2, -0.15) is 5.26 Å². The van der Waals surface area contributed by atoms with Gasteiger partial charge in [-0.25, -0.2) is 0 Å². The summed E-state index contributed by atoms with van der Waals surface area (Å²) in [6.07, 6.45) is 5.37. The van der Waals surface area contributed by atoms with Crippen LogP contribution in [0.15, 0.2) is 24.0 Å². The molecular formula is C14H23NO3. The lowest BCUT2D eigenvalue weighted by molar-refractivity contribution is 0.122. The summed E-state index contributed by atoms with van der Waals surface area (Å²) in [5.41, 5.74) is 0.210. The fourth-order valence-corrected chi connectivity index (χ4v) is 1.06. The number of rotatable bonds is 8. The number of allylic oxidation sites excluding steroid dienone is 2. The quantitative estimate of drug-likeness (QED) is 0.379. The van der Waals surface area contributed by atoms with E-state index in [1.165, 1.54) is 0 Å². The Balaban J connectivity index is 4.74. The van der Waals surface area contributed by atoms with E-state index < -0.39 is 5.41 Å². The second-order valence-corrected chi connectivity index (χ2v) is 4.47. The molecule has 4 heteroatoms. The van der Waals surface area contributed by atoms with Crippen LogP contribution in [-0.4, -0.2) is 33.5 Å². The zero-order chi connectivity index (χ0) is 14.0. The second-order valence-electron chi connectivity index (χ2n) is 4.47. The smallest absolute Gasteiger partial charge is 0.111 e. The van der Waals surface area contributed by atoms with E-state index in [0.717, 1.165) is 5.57 Å². The lowest BCUT2D eigenvalue weighted by Crippen LogP contribution is -2.12. The summed E-state index contributed by atoms with van der Waals surface area (Å²) in [7, 11) is 3.26. The Bertz CT molecular complexity index is 326. The van der Waals surface area contributed by atoms with Crippen LogP contribution in [0.1, 0.15) is 20.8 Å². The molecule has 0 radical (unpaired) electrons. The second kappa shape index (κ2) is 8.73. The summed E-state index contributed by atoms with van der Waals surface area (Å²) in [6.45, 7) is 6.62. The third kappa shape index (κ3) is 6.43. The van der Waals surface area contributed by atoms with Gasteiger partial charge in [0.1, 0.15) is 6.61 Å². The van der Waals surface area contributed by atoms with E-state index in [0.29, 0.717) is 13.2 Å². The maximum atomic E-state index is 9.15. The van der Waals surface area contributed by atoms with Gasteiger partial charge in [-0.3, -0.25) is 0 Å². The van der Waals surface area contributed by atoms with Crippen LogP contribution in [0.4, 0.5) is 0 Å². The predicted molar refractivity (Wildman–Crippen MR) is 70.9 cm³/mol. The SMILES string of the molecule is COCCO/C=C(/C=C\[C@@H](C)OC)C(C)(C)C#N. The Morgan fingerprint density at radius 2 is 2.00 bits per heavy atom. The van der Waals surface area contributed by atoms with Gasteiger partial charge in [0.25, 0.3) is 0 Å². The van der Waals surface area contributed by atoms with E-state index >= 15 is 0 Å². The first kappa shape index (κ1) is 16.7. The van der Waals surface area contributed by atoms with Gasteiger partial charge >= 0.3 is 0 Å². The molecule has 0 unspecified atom stereocenters. The van der Waals surface area contributed by atoms with E-state index in [-0.39, 0.29) is 6.10 Å². The highest BCUT2D eigenvalue weighted by Gasteiger charge is 2.21. The summed E-state index contributed by atoms with van der Waals surface area (Å²) < 4.78 is 15.4. The van der Waals surface area contributed by atoms with Gasteiger partial charge in [0.05, 0.1) is 30.5 Å². The van der Waals surface area contributed by atoms with Crippen molar-refractivity contribution < 1.29 is 14.2 Å². The molecule has 0 saturated heterocycles. The van der Waals surface area contributed by atoms with Gasteiger partial charge in [-0.05, 0) is 20.8 Å². The molecule has 0 aromatic rings. The Kier molecular flexibility index (Phi) is 8.10. The van der Waals surface area contributed by atoms with Gasteiger partial charge in [-0.15, -0.1) is 0 Å². The van der Waals surface area contributed by atoms with Crippen LogP contribution in [0.2, 0.25) is 0 Å². The number of hydrogen-bond acceptors (Lipinski definition) is 4.